The maximum Gasteiger partial charge on any atom is 0.172 e. The van der Waals surface area contributed by atoms with Gasteiger partial charge >= 0.3 is 0 Å². The van der Waals surface area contributed by atoms with E-state index in [1.807, 2.05) is 0 Å². The quantitative estimate of drug-likeness (QED) is 0.631. The van der Waals surface area contributed by atoms with Crippen LogP contribution < -0.4 is 10.6 Å². The Hall–Kier alpha value is -0.160. The molecule has 5 atom stereocenters. The molecule has 2 rings (SSSR count). The molecule has 3 N–H and O–H groups in total. The van der Waals surface area contributed by atoms with Gasteiger partial charge in [0.25, 0.3) is 0 Å². The molecule has 2 aliphatic heterocycles. The average molecular weight is 242 g/mol. The third-order valence-corrected chi connectivity index (χ3v) is 3.52. The summed E-state index contributed by atoms with van der Waals surface area (Å²) < 4.78 is 5.59. The predicted molar refractivity (Wildman–Crippen MR) is 67.4 cm³/mol. The van der Waals surface area contributed by atoms with Gasteiger partial charge in [0.05, 0.1) is 12.1 Å². The van der Waals surface area contributed by atoms with Gasteiger partial charge < -0.3 is 15.2 Å². The molecule has 100 valence electrons. The summed E-state index contributed by atoms with van der Waals surface area (Å²) in [7, 11) is 0. The molecule has 4 heteroatoms. The zero-order chi connectivity index (χ0) is 12.6. The Balaban J connectivity index is 1.78. The monoisotopic (exact) mass is 242 g/mol. The zero-order valence-electron chi connectivity index (χ0n) is 11.3. The third-order valence-electron chi connectivity index (χ3n) is 3.52. The maximum atomic E-state index is 9.84. The summed E-state index contributed by atoms with van der Waals surface area (Å²) >= 11 is 0. The van der Waals surface area contributed by atoms with Gasteiger partial charge in [-0.05, 0) is 24.7 Å². The third kappa shape index (κ3) is 3.41. The molecule has 2 aliphatic rings. The van der Waals surface area contributed by atoms with E-state index >= 15 is 0 Å². The minimum absolute atomic E-state index is 0.0162. The molecule has 0 spiro atoms. The van der Waals surface area contributed by atoms with Crippen molar-refractivity contribution in [2.75, 3.05) is 0 Å². The summed E-state index contributed by atoms with van der Waals surface area (Å²) in [6, 6.07) is 1.02. The lowest BCUT2D eigenvalue weighted by atomic mass is 10.0. The lowest BCUT2D eigenvalue weighted by Gasteiger charge is -2.14. The van der Waals surface area contributed by atoms with E-state index in [2.05, 4.69) is 38.3 Å². The predicted octanol–water partition coefficient (Wildman–Crippen LogP) is 1.05. The highest BCUT2D eigenvalue weighted by molar-refractivity contribution is 5.05. The lowest BCUT2D eigenvalue weighted by molar-refractivity contribution is -0.0985. The molecule has 0 aromatic carbocycles. The van der Waals surface area contributed by atoms with E-state index in [-0.39, 0.29) is 12.3 Å². The molecule has 4 nitrogen and oxygen atoms in total. The molecular formula is C13H26N2O2. The fourth-order valence-electron chi connectivity index (χ4n) is 2.67. The Labute approximate surface area is 104 Å². The van der Waals surface area contributed by atoms with Crippen molar-refractivity contribution in [2.24, 2.45) is 11.8 Å². The second-order valence-electron chi connectivity index (χ2n) is 6.28. The molecule has 0 saturated carbocycles. The van der Waals surface area contributed by atoms with E-state index in [0.29, 0.717) is 23.9 Å². The maximum absolute atomic E-state index is 9.84. The number of hydrogen-bond acceptors (Lipinski definition) is 4. The molecule has 2 fully saturated rings. The van der Waals surface area contributed by atoms with Crippen LogP contribution in [0.4, 0.5) is 0 Å². The lowest BCUT2D eigenvalue weighted by Crippen LogP contribution is -2.37. The zero-order valence-corrected chi connectivity index (χ0v) is 11.3. The van der Waals surface area contributed by atoms with Gasteiger partial charge in [-0.3, -0.25) is 5.32 Å². The second-order valence-corrected chi connectivity index (χ2v) is 6.28. The van der Waals surface area contributed by atoms with Crippen LogP contribution >= 0.6 is 0 Å². The van der Waals surface area contributed by atoms with Crippen molar-refractivity contribution >= 4 is 0 Å². The topological polar surface area (TPSA) is 63.4 Å². The highest BCUT2D eigenvalue weighted by Crippen LogP contribution is 2.28. The number of aliphatic hydroxyl groups excluding tert-OH is 1. The van der Waals surface area contributed by atoms with Crippen molar-refractivity contribution in [3.05, 3.63) is 0 Å². The van der Waals surface area contributed by atoms with Crippen LogP contribution in [0.1, 0.15) is 40.5 Å². The summed E-state index contributed by atoms with van der Waals surface area (Å²) in [5.74, 6) is 1.28. The summed E-state index contributed by atoms with van der Waals surface area (Å²) in [6.07, 6.45) is 1.47. The first kappa shape index (κ1) is 13.3. The van der Waals surface area contributed by atoms with Gasteiger partial charge in [0.1, 0.15) is 6.23 Å². The molecule has 17 heavy (non-hydrogen) atoms. The molecule has 2 saturated heterocycles. The van der Waals surface area contributed by atoms with Crippen molar-refractivity contribution < 1.29 is 9.84 Å². The van der Waals surface area contributed by atoms with Crippen LogP contribution in [0, 0.1) is 11.8 Å². The number of hydrogen-bond donors (Lipinski definition) is 3. The van der Waals surface area contributed by atoms with Crippen molar-refractivity contribution in [3.63, 3.8) is 0 Å². The van der Waals surface area contributed by atoms with Crippen LogP contribution in [0.25, 0.3) is 0 Å². The van der Waals surface area contributed by atoms with Gasteiger partial charge in [0.2, 0.25) is 0 Å². The number of aliphatic hydroxyl groups is 1. The smallest absolute Gasteiger partial charge is 0.172 e. The average Bonchev–Trinajstić information content (AvgIpc) is 2.84. The molecule has 0 radical (unpaired) electrons. The van der Waals surface area contributed by atoms with Crippen LogP contribution in [0.3, 0.4) is 0 Å². The molecule has 0 bridgehead atoms. The van der Waals surface area contributed by atoms with Crippen LogP contribution in [0.5, 0.6) is 0 Å². The summed E-state index contributed by atoms with van der Waals surface area (Å²) in [5.41, 5.74) is 0. The molecule has 0 aromatic heterocycles. The minimum atomic E-state index is -0.649. The molecule has 0 aromatic rings. The number of rotatable bonds is 5. The molecule has 0 aliphatic carbocycles. The minimum Gasteiger partial charge on any atom is -0.367 e. The Kier molecular flexibility index (Phi) is 4.08. The molecule has 0 amide bonds. The normalized spacial score (nSPS) is 41.5. The summed E-state index contributed by atoms with van der Waals surface area (Å²) in [4.78, 5) is 0. The first-order valence-electron chi connectivity index (χ1n) is 6.83. The summed E-state index contributed by atoms with van der Waals surface area (Å²) in [5, 5.41) is 16.7. The Morgan fingerprint density at radius 1 is 1.00 bits per heavy atom. The van der Waals surface area contributed by atoms with Gasteiger partial charge in [-0.2, -0.15) is 0 Å². The molecule has 2 heterocycles. The van der Waals surface area contributed by atoms with Gasteiger partial charge in [-0.25, -0.2) is 0 Å². The first-order chi connectivity index (χ1) is 7.97. The standard InChI is InChI=1S/C13H26N2O2/c1-7(2)5-9-11(14-9)12-15-10(6-8(3)4)13(16)17-12/h7-16H,5-6H2,1-4H3/t9-,10-,11+,12-,13-/m0/s1. The van der Waals surface area contributed by atoms with E-state index in [4.69, 9.17) is 4.74 Å². The Bertz CT molecular complexity index is 258. The van der Waals surface area contributed by atoms with Crippen LogP contribution in [-0.2, 0) is 4.74 Å². The van der Waals surface area contributed by atoms with E-state index in [1.165, 1.54) is 6.42 Å². The van der Waals surface area contributed by atoms with Crippen molar-refractivity contribution in [3.8, 4) is 0 Å². The van der Waals surface area contributed by atoms with Gasteiger partial charge in [0, 0.05) is 6.04 Å². The van der Waals surface area contributed by atoms with Crippen molar-refractivity contribution in [2.45, 2.75) is 71.2 Å². The van der Waals surface area contributed by atoms with Gasteiger partial charge in [0.15, 0.2) is 6.29 Å². The fourth-order valence-corrected chi connectivity index (χ4v) is 2.67. The van der Waals surface area contributed by atoms with Crippen molar-refractivity contribution in [1.82, 2.24) is 10.6 Å². The number of nitrogens with one attached hydrogen (secondary N) is 2. The van der Waals surface area contributed by atoms with Crippen LogP contribution in [0.15, 0.2) is 0 Å². The SMILES string of the molecule is CC(C)C[C@@H]1N[C@H]1[C@H]1N[C@@H](CC(C)C)[C@@H](O)O1. The van der Waals surface area contributed by atoms with E-state index in [1.54, 1.807) is 0 Å². The first-order valence-corrected chi connectivity index (χ1v) is 6.83. The van der Waals surface area contributed by atoms with Gasteiger partial charge in [-0.15, -0.1) is 0 Å². The van der Waals surface area contributed by atoms with Crippen LogP contribution in [0.2, 0.25) is 0 Å². The highest BCUT2D eigenvalue weighted by atomic mass is 16.6. The van der Waals surface area contributed by atoms with Gasteiger partial charge in [-0.1, -0.05) is 27.7 Å². The number of ether oxygens (including phenoxy) is 1. The van der Waals surface area contributed by atoms with E-state index in [9.17, 15) is 5.11 Å². The molecular weight excluding hydrogens is 216 g/mol. The molecule has 0 unspecified atom stereocenters. The van der Waals surface area contributed by atoms with Crippen LogP contribution in [-0.4, -0.2) is 35.7 Å². The second kappa shape index (κ2) is 5.22. The highest BCUT2D eigenvalue weighted by Gasteiger charge is 2.48. The van der Waals surface area contributed by atoms with Crippen molar-refractivity contribution in [1.29, 1.82) is 0 Å². The Morgan fingerprint density at radius 2 is 1.59 bits per heavy atom. The largest absolute Gasteiger partial charge is 0.367 e. The fraction of sp³-hybridized carbons (Fsp3) is 1.00. The van der Waals surface area contributed by atoms with E-state index in [0.717, 1.165) is 6.42 Å². The Morgan fingerprint density at radius 3 is 2.18 bits per heavy atom. The summed E-state index contributed by atoms with van der Waals surface area (Å²) in [6.45, 7) is 8.80. The van der Waals surface area contributed by atoms with E-state index < -0.39 is 6.29 Å².